The molecule has 2 saturated heterocycles. The predicted molar refractivity (Wildman–Crippen MR) is 144 cm³/mol. The zero-order valence-corrected chi connectivity index (χ0v) is 22.3. The lowest BCUT2D eigenvalue weighted by Gasteiger charge is -2.32. The number of hydrogen-bond acceptors (Lipinski definition) is 10. The summed E-state index contributed by atoms with van der Waals surface area (Å²) in [7, 11) is 0.348. The minimum atomic E-state index is -3.44. The van der Waals surface area contributed by atoms with E-state index in [0.717, 1.165) is 57.5 Å². The van der Waals surface area contributed by atoms with Crippen molar-refractivity contribution < 1.29 is 8.42 Å². The molecule has 3 aliphatic heterocycles. The van der Waals surface area contributed by atoms with Crippen LogP contribution >= 0.6 is 11.3 Å². The van der Waals surface area contributed by atoms with Crippen LogP contribution < -0.4 is 10.2 Å². The third-order valence-electron chi connectivity index (χ3n) is 7.54. The fraction of sp³-hybridized carbons (Fsp3) is 0.360. The Morgan fingerprint density at radius 3 is 2.68 bits per heavy atom. The van der Waals surface area contributed by atoms with E-state index >= 15 is 0 Å². The largest absolute Gasteiger partial charge is 0.335 e. The number of thiazole rings is 1. The molecule has 2 bridgehead atoms. The summed E-state index contributed by atoms with van der Waals surface area (Å²) in [6.45, 7) is 4.38. The van der Waals surface area contributed by atoms with E-state index < -0.39 is 10.0 Å². The molecule has 1 N–H and O–H groups in total. The van der Waals surface area contributed by atoms with E-state index in [1.807, 2.05) is 31.2 Å². The lowest BCUT2D eigenvalue weighted by molar-refractivity contribution is 0.291. The van der Waals surface area contributed by atoms with E-state index in [2.05, 4.69) is 27.1 Å². The molecule has 12 heteroatoms. The van der Waals surface area contributed by atoms with Gasteiger partial charge in [0.15, 0.2) is 0 Å². The first-order valence-corrected chi connectivity index (χ1v) is 14.5. The molecule has 0 spiro atoms. The zero-order valence-electron chi connectivity index (χ0n) is 20.7. The van der Waals surface area contributed by atoms with Crippen LogP contribution in [0.5, 0.6) is 0 Å². The molecule has 190 valence electrons. The van der Waals surface area contributed by atoms with Crippen LogP contribution in [-0.4, -0.2) is 76.8 Å². The molecule has 2 fully saturated rings. The highest BCUT2D eigenvalue weighted by Gasteiger charge is 2.42. The molecule has 0 aliphatic carbocycles. The highest BCUT2D eigenvalue weighted by atomic mass is 32.2. The molecule has 1 aromatic carbocycles. The molecule has 0 saturated carbocycles. The van der Waals surface area contributed by atoms with Crippen molar-refractivity contribution in [2.45, 2.75) is 36.9 Å². The first-order valence-electron chi connectivity index (χ1n) is 12.2. The molecular weight excluding hydrogens is 508 g/mol. The van der Waals surface area contributed by atoms with Crippen LogP contribution in [0.1, 0.15) is 17.7 Å². The van der Waals surface area contributed by atoms with Gasteiger partial charge in [0, 0.05) is 68.4 Å². The molecule has 7 rings (SSSR count). The Labute approximate surface area is 219 Å². The lowest BCUT2D eigenvalue weighted by Crippen LogP contribution is -2.45. The predicted octanol–water partition coefficient (Wildman–Crippen LogP) is 3.23. The van der Waals surface area contributed by atoms with Gasteiger partial charge in [0.2, 0.25) is 16.0 Å². The van der Waals surface area contributed by atoms with Gasteiger partial charge in [-0.25, -0.2) is 23.4 Å². The Hall–Kier alpha value is -3.19. The first kappa shape index (κ1) is 23.0. The summed E-state index contributed by atoms with van der Waals surface area (Å²) >= 11 is 1.49. The summed E-state index contributed by atoms with van der Waals surface area (Å²) in [4.78, 5) is 24.0. The highest BCUT2D eigenvalue weighted by molar-refractivity contribution is 7.89. The number of aryl methyl sites for hydroxylation is 1. The monoisotopic (exact) mass is 534 g/mol. The third-order valence-corrected chi connectivity index (χ3v) is 10.5. The minimum Gasteiger partial charge on any atom is -0.335 e. The van der Waals surface area contributed by atoms with Gasteiger partial charge in [-0.15, -0.1) is 11.3 Å². The van der Waals surface area contributed by atoms with E-state index in [4.69, 9.17) is 15.0 Å². The van der Waals surface area contributed by atoms with Crippen molar-refractivity contribution in [3.05, 3.63) is 47.8 Å². The Kier molecular flexibility index (Phi) is 5.06. The standard InChI is InChI=1S/C25H26N8O2S2/c1-14-6-23(30-25(27-14)33-13-17-8-18(33)12-31(17)2)29-22-9-19-20(10-26-22)36-24(28-19)15-4-5-16-11-32(3)37(34,35)21(16)7-15/h4-7,9-10,17-18H,8,11-13H2,1-3H3,(H,26,27,29,30)/t17-,18-/m0/s1. The second-order valence-electron chi connectivity index (χ2n) is 10.1. The molecule has 6 heterocycles. The van der Waals surface area contributed by atoms with Crippen molar-refractivity contribution in [2.75, 3.05) is 37.4 Å². The van der Waals surface area contributed by atoms with Crippen molar-refractivity contribution >= 4 is 49.2 Å². The van der Waals surface area contributed by atoms with Crippen LogP contribution in [0.3, 0.4) is 0 Å². The number of piperazine rings is 1. The van der Waals surface area contributed by atoms with Crippen LogP contribution in [0.15, 0.2) is 41.4 Å². The second kappa shape index (κ2) is 8.15. The van der Waals surface area contributed by atoms with E-state index in [0.29, 0.717) is 35.2 Å². The van der Waals surface area contributed by atoms with Gasteiger partial charge in [0.05, 0.1) is 15.1 Å². The van der Waals surface area contributed by atoms with Gasteiger partial charge in [0.1, 0.15) is 16.6 Å². The quantitative estimate of drug-likeness (QED) is 0.422. The number of sulfonamides is 1. The van der Waals surface area contributed by atoms with Gasteiger partial charge < -0.3 is 10.2 Å². The average Bonchev–Trinajstić information content (AvgIpc) is 3.60. The SMILES string of the molecule is Cc1cc(Nc2cc3nc(-c4ccc5c(c4)S(=O)(=O)N(C)C5)sc3cn2)nc(N2C[C@@H]3C[C@H]2CN3C)n1. The van der Waals surface area contributed by atoms with Crippen LogP contribution in [-0.2, 0) is 16.6 Å². The van der Waals surface area contributed by atoms with Crippen molar-refractivity contribution in [1.29, 1.82) is 0 Å². The molecule has 4 aromatic rings. The lowest BCUT2D eigenvalue weighted by atomic mass is 10.1. The summed E-state index contributed by atoms with van der Waals surface area (Å²) in [5.41, 5.74) is 3.30. The number of fused-ring (bicyclic) bond motifs is 4. The minimum absolute atomic E-state index is 0.361. The van der Waals surface area contributed by atoms with Crippen molar-refractivity contribution in [2.24, 2.45) is 0 Å². The van der Waals surface area contributed by atoms with E-state index in [9.17, 15) is 8.42 Å². The zero-order chi connectivity index (χ0) is 25.5. The molecular formula is C25H26N8O2S2. The second-order valence-corrected chi connectivity index (χ2v) is 13.1. The number of nitrogens with zero attached hydrogens (tertiary/aromatic N) is 7. The van der Waals surface area contributed by atoms with Crippen LogP contribution in [0.4, 0.5) is 17.6 Å². The normalized spacial score (nSPS) is 22.7. The van der Waals surface area contributed by atoms with Gasteiger partial charge in [-0.2, -0.15) is 9.29 Å². The maximum Gasteiger partial charge on any atom is 0.243 e. The Morgan fingerprint density at radius 2 is 1.89 bits per heavy atom. The molecule has 0 radical (unpaired) electrons. The number of aromatic nitrogens is 4. The topological polar surface area (TPSA) is 107 Å². The van der Waals surface area contributed by atoms with Crippen molar-refractivity contribution in [3.8, 4) is 10.6 Å². The van der Waals surface area contributed by atoms with Gasteiger partial charge in [0.25, 0.3) is 0 Å². The molecule has 37 heavy (non-hydrogen) atoms. The van der Waals surface area contributed by atoms with Crippen LogP contribution in [0.25, 0.3) is 20.8 Å². The smallest absolute Gasteiger partial charge is 0.243 e. The number of likely N-dealkylation sites (tertiary alicyclic amines) is 1. The molecule has 3 aromatic heterocycles. The molecule has 0 amide bonds. The average molecular weight is 535 g/mol. The van der Waals surface area contributed by atoms with Gasteiger partial charge in [-0.3, -0.25) is 4.90 Å². The van der Waals surface area contributed by atoms with E-state index in [1.165, 1.54) is 15.6 Å². The number of likely N-dealkylation sites (N-methyl/N-ethyl adjacent to an activating group) is 1. The summed E-state index contributed by atoms with van der Waals surface area (Å²) in [5, 5.41) is 4.09. The Balaban J connectivity index is 1.16. The van der Waals surface area contributed by atoms with Crippen LogP contribution in [0, 0.1) is 6.92 Å². The van der Waals surface area contributed by atoms with Gasteiger partial charge in [-0.1, -0.05) is 12.1 Å². The Bertz CT molecular complexity index is 1670. The number of pyridine rings is 1. The molecule has 0 unspecified atom stereocenters. The molecule has 2 atom stereocenters. The fourth-order valence-corrected chi connectivity index (χ4v) is 7.86. The number of rotatable bonds is 4. The molecule has 3 aliphatic rings. The first-order chi connectivity index (χ1) is 17.7. The maximum absolute atomic E-state index is 12.6. The number of benzene rings is 1. The maximum atomic E-state index is 12.6. The Morgan fingerprint density at radius 1 is 1.03 bits per heavy atom. The van der Waals surface area contributed by atoms with Gasteiger partial charge in [-0.05, 0) is 32.0 Å². The van der Waals surface area contributed by atoms with Gasteiger partial charge >= 0.3 is 0 Å². The number of nitrogens with one attached hydrogen (secondary N) is 1. The van der Waals surface area contributed by atoms with E-state index in [-0.39, 0.29) is 0 Å². The number of hydrogen-bond donors (Lipinski definition) is 1. The summed E-state index contributed by atoms with van der Waals surface area (Å²) in [6, 6.07) is 10.4. The summed E-state index contributed by atoms with van der Waals surface area (Å²) in [5.74, 6) is 2.11. The number of anilines is 3. The highest BCUT2D eigenvalue weighted by Crippen LogP contribution is 2.37. The van der Waals surface area contributed by atoms with Crippen molar-refractivity contribution in [3.63, 3.8) is 0 Å². The summed E-state index contributed by atoms with van der Waals surface area (Å²) < 4.78 is 27.5. The van der Waals surface area contributed by atoms with E-state index in [1.54, 1.807) is 19.3 Å². The molecule has 10 nitrogen and oxygen atoms in total. The summed E-state index contributed by atoms with van der Waals surface area (Å²) in [6.07, 6.45) is 2.95. The van der Waals surface area contributed by atoms with Crippen LogP contribution in [0.2, 0.25) is 0 Å². The fourth-order valence-electron chi connectivity index (χ4n) is 5.56. The third kappa shape index (κ3) is 3.78. The van der Waals surface area contributed by atoms with Crippen molar-refractivity contribution in [1.82, 2.24) is 29.1 Å².